The molecule has 2 N–H and O–H groups in total. The van der Waals surface area contributed by atoms with Crippen molar-refractivity contribution in [2.75, 3.05) is 26.4 Å². The van der Waals surface area contributed by atoms with Gasteiger partial charge in [0.15, 0.2) is 0 Å². The van der Waals surface area contributed by atoms with Gasteiger partial charge >= 0.3 is 0 Å². The number of rotatable bonds is 5. The molecule has 3 aromatic rings. The lowest BCUT2D eigenvalue weighted by atomic mass is 9.92. The van der Waals surface area contributed by atoms with Gasteiger partial charge in [-0.05, 0) is 42.0 Å². The Morgan fingerprint density at radius 2 is 2.04 bits per heavy atom. The zero-order chi connectivity index (χ0) is 19.7. The molecule has 1 aliphatic heterocycles. The van der Waals surface area contributed by atoms with Gasteiger partial charge in [-0.15, -0.1) is 0 Å². The highest BCUT2D eigenvalue weighted by molar-refractivity contribution is 6.31. The van der Waals surface area contributed by atoms with Crippen molar-refractivity contribution in [2.45, 2.75) is 12.5 Å². The SMILES string of the molecule is O=C(c1cccc(Cl)c1)N1Cc2[nH]c3ccc(Cl)cc3c2C(COCCO)C1. The number of nitrogens with zero attached hydrogens (tertiary/aromatic N) is 1. The van der Waals surface area contributed by atoms with Gasteiger partial charge in [0, 0.05) is 44.7 Å². The second-order valence-corrected chi connectivity index (χ2v) is 7.77. The lowest BCUT2D eigenvalue weighted by Crippen LogP contribution is -2.39. The number of hydrogen-bond donors (Lipinski definition) is 2. The van der Waals surface area contributed by atoms with E-state index in [9.17, 15) is 4.79 Å². The summed E-state index contributed by atoms with van der Waals surface area (Å²) in [6.07, 6.45) is 0. The minimum atomic E-state index is -0.0722. The standard InChI is InChI=1S/C21H20Cl2N2O3/c22-15-3-1-2-13(8-15)21(27)25-10-14(12-28-7-6-26)20-17-9-16(23)4-5-18(17)24-19(20)11-25/h1-5,8-9,14,24,26H,6-7,10-12H2. The van der Waals surface area contributed by atoms with Gasteiger partial charge in [-0.2, -0.15) is 0 Å². The molecule has 5 nitrogen and oxygen atoms in total. The molecule has 1 amide bonds. The fraction of sp³-hybridized carbons (Fsp3) is 0.286. The molecule has 4 rings (SSSR count). The van der Waals surface area contributed by atoms with Gasteiger partial charge in [0.1, 0.15) is 0 Å². The van der Waals surface area contributed by atoms with E-state index in [0.29, 0.717) is 35.3 Å². The highest BCUT2D eigenvalue weighted by Gasteiger charge is 2.32. The second-order valence-electron chi connectivity index (χ2n) is 6.90. The van der Waals surface area contributed by atoms with E-state index < -0.39 is 0 Å². The van der Waals surface area contributed by atoms with E-state index in [2.05, 4.69) is 4.98 Å². The van der Waals surface area contributed by atoms with Crippen LogP contribution in [0.15, 0.2) is 42.5 Å². The predicted molar refractivity (Wildman–Crippen MR) is 110 cm³/mol. The van der Waals surface area contributed by atoms with E-state index >= 15 is 0 Å². The van der Waals surface area contributed by atoms with Crippen molar-refractivity contribution in [2.24, 2.45) is 0 Å². The molecule has 1 atom stereocenters. The van der Waals surface area contributed by atoms with Gasteiger partial charge in [-0.1, -0.05) is 29.3 Å². The Balaban J connectivity index is 1.70. The smallest absolute Gasteiger partial charge is 0.254 e. The number of benzene rings is 2. The van der Waals surface area contributed by atoms with Crippen molar-refractivity contribution in [3.8, 4) is 0 Å². The Bertz CT molecular complexity index is 1020. The Morgan fingerprint density at radius 3 is 2.82 bits per heavy atom. The molecule has 0 radical (unpaired) electrons. The highest BCUT2D eigenvalue weighted by atomic mass is 35.5. The van der Waals surface area contributed by atoms with Crippen LogP contribution in [0, 0.1) is 0 Å². The van der Waals surface area contributed by atoms with Crippen molar-refractivity contribution in [1.29, 1.82) is 0 Å². The van der Waals surface area contributed by atoms with E-state index in [-0.39, 0.29) is 25.0 Å². The van der Waals surface area contributed by atoms with Gasteiger partial charge < -0.3 is 19.7 Å². The van der Waals surface area contributed by atoms with Gasteiger partial charge in [-0.3, -0.25) is 4.79 Å². The van der Waals surface area contributed by atoms with Crippen molar-refractivity contribution in [3.63, 3.8) is 0 Å². The first-order chi connectivity index (χ1) is 13.6. The summed E-state index contributed by atoms with van der Waals surface area (Å²) in [6.45, 7) is 1.63. The summed E-state index contributed by atoms with van der Waals surface area (Å²) in [5.74, 6) is -0.0948. The maximum absolute atomic E-state index is 13.1. The van der Waals surface area contributed by atoms with Crippen molar-refractivity contribution >= 4 is 40.0 Å². The number of aliphatic hydroxyl groups excluding tert-OH is 1. The number of ether oxygens (including phenoxy) is 1. The van der Waals surface area contributed by atoms with Crippen LogP contribution in [0.1, 0.15) is 27.5 Å². The van der Waals surface area contributed by atoms with E-state index in [1.807, 2.05) is 18.2 Å². The van der Waals surface area contributed by atoms with E-state index in [4.69, 9.17) is 33.0 Å². The monoisotopic (exact) mass is 418 g/mol. The van der Waals surface area contributed by atoms with Crippen LogP contribution in [-0.4, -0.2) is 47.3 Å². The molecular weight excluding hydrogens is 399 g/mol. The van der Waals surface area contributed by atoms with Crippen LogP contribution in [0.25, 0.3) is 10.9 Å². The third-order valence-electron chi connectivity index (χ3n) is 4.99. The Kier molecular flexibility index (Phi) is 5.60. The molecule has 0 spiro atoms. The highest BCUT2D eigenvalue weighted by Crippen LogP contribution is 2.36. The van der Waals surface area contributed by atoms with Crippen molar-refractivity contribution < 1.29 is 14.6 Å². The number of halogens is 2. The van der Waals surface area contributed by atoms with Crippen LogP contribution in [0.4, 0.5) is 0 Å². The molecule has 0 aliphatic carbocycles. The maximum atomic E-state index is 13.1. The fourth-order valence-corrected chi connectivity index (χ4v) is 4.19. The summed E-state index contributed by atoms with van der Waals surface area (Å²) in [4.78, 5) is 18.3. The van der Waals surface area contributed by atoms with E-state index in [0.717, 1.165) is 22.2 Å². The molecule has 0 bridgehead atoms. The normalized spacial score (nSPS) is 16.4. The zero-order valence-electron chi connectivity index (χ0n) is 15.1. The molecule has 0 fully saturated rings. The quantitative estimate of drug-likeness (QED) is 0.609. The first-order valence-electron chi connectivity index (χ1n) is 9.10. The molecule has 28 heavy (non-hydrogen) atoms. The number of aromatic amines is 1. The van der Waals surface area contributed by atoms with Crippen LogP contribution in [-0.2, 0) is 11.3 Å². The minimum Gasteiger partial charge on any atom is -0.394 e. The van der Waals surface area contributed by atoms with Gasteiger partial charge in [0.2, 0.25) is 0 Å². The average Bonchev–Trinajstić information content (AvgIpc) is 3.05. The Morgan fingerprint density at radius 1 is 1.21 bits per heavy atom. The molecule has 2 aromatic carbocycles. The molecule has 146 valence electrons. The molecule has 7 heteroatoms. The molecule has 1 aromatic heterocycles. The molecular formula is C21H20Cl2N2O3. The number of carbonyl (C=O) groups is 1. The van der Waals surface area contributed by atoms with E-state index in [1.165, 1.54) is 0 Å². The predicted octanol–water partition coefficient (Wildman–Crippen LogP) is 4.22. The van der Waals surface area contributed by atoms with Crippen LogP contribution >= 0.6 is 23.2 Å². The number of hydrogen-bond acceptors (Lipinski definition) is 3. The molecule has 1 unspecified atom stereocenters. The molecule has 2 heterocycles. The molecule has 0 saturated heterocycles. The number of nitrogens with one attached hydrogen (secondary N) is 1. The summed E-state index contributed by atoms with van der Waals surface area (Å²) in [5.41, 5.74) is 3.66. The number of aliphatic hydroxyl groups is 1. The molecule has 1 aliphatic rings. The summed E-state index contributed by atoms with van der Waals surface area (Å²) in [5, 5.41) is 11.3. The van der Waals surface area contributed by atoms with Crippen LogP contribution in [0.2, 0.25) is 10.0 Å². The second kappa shape index (κ2) is 8.13. The number of H-pyrrole nitrogens is 1. The zero-order valence-corrected chi connectivity index (χ0v) is 16.6. The summed E-state index contributed by atoms with van der Waals surface area (Å²) < 4.78 is 5.62. The summed E-state index contributed by atoms with van der Waals surface area (Å²) in [6, 6.07) is 12.7. The van der Waals surface area contributed by atoms with Crippen molar-refractivity contribution in [3.05, 3.63) is 69.3 Å². The molecule has 0 saturated carbocycles. The van der Waals surface area contributed by atoms with Crippen LogP contribution < -0.4 is 0 Å². The van der Waals surface area contributed by atoms with Gasteiger partial charge in [0.25, 0.3) is 5.91 Å². The number of carbonyl (C=O) groups excluding carboxylic acids is 1. The number of amides is 1. The summed E-state index contributed by atoms with van der Waals surface area (Å²) in [7, 11) is 0. The van der Waals surface area contributed by atoms with E-state index in [1.54, 1.807) is 29.2 Å². The van der Waals surface area contributed by atoms with Gasteiger partial charge in [0.05, 0.1) is 26.4 Å². The lowest BCUT2D eigenvalue weighted by molar-refractivity contribution is 0.0569. The Hall–Kier alpha value is -2.05. The van der Waals surface area contributed by atoms with Crippen LogP contribution in [0.3, 0.4) is 0 Å². The number of aromatic nitrogens is 1. The minimum absolute atomic E-state index is 0.0225. The number of fused-ring (bicyclic) bond motifs is 3. The largest absolute Gasteiger partial charge is 0.394 e. The third-order valence-corrected chi connectivity index (χ3v) is 5.46. The van der Waals surface area contributed by atoms with Crippen LogP contribution in [0.5, 0.6) is 0 Å². The Labute approximate surface area is 172 Å². The van der Waals surface area contributed by atoms with Crippen molar-refractivity contribution in [1.82, 2.24) is 9.88 Å². The summed E-state index contributed by atoms with van der Waals surface area (Å²) >= 11 is 12.3. The third kappa shape index (κ3) is 3.76. The average molecular weight is 419 g/mol. The van der Waals surface area contributed by atoms with Gasteiger partial charge in [-0.25, -0.2) is 0 Å². The maximum Gasteiger partial charge on any atom is 0.254 e. The lowest BCUT2D eigenvalue weighted by Gasteiger charge is -2.33. The fourth-order valence-electron chi connectivity index (χ4n) is 3.83. The topological polar surface area (TPSA) is 65.6 Å². The first-order valence-corrected chi connectivity index (χ1v) is 9.86. The first kappa shape index (κ1) is 19.3.